The summed E-state index contributed by atoms with van der Waals surface area (Å²) in [5, 5.41) is 0.661. The number of benzene rings is 1. The van der Waals surface area contributed by atoms with E-state index in [0.29, 0.717) is 18.2 Å². The molecule has 1 aromatic rings. The molecular weight excluding hydrogens is 393 g/mol. The second-order valence-electron chi connectivity index (χ2n) is 9.75. The lowest BCUT2D eigenvalue weighted by Gasteiger charge is -2.41. The molecule has 3 rings (SSSR count). The lowest BCUT2D eigenvalue weighted by Crippen LogP contribution is -2.47. The third-order valence-corrected chi connectivity index (χ3v) is 6.95. The van der Waals surface area contributed by atoms with Crippen LogP contribution in [0.25, 0.3) is 0 Å². The zero-order chi connectivity index (χ0) is 20.9. The van der Waals surface area contributed by atoms with Crippen LogP contribution >= 0.6 is 23.8 Å². The van der Waals surface area contributed by atoms with Crippen molar-refractivity contribution in [3.8, 4) is 0 Å². The van der Waals surface area contributed by atoms with Crippen molar-refractivity contribution in [2.75, 3.05) is 19.8 Å². The number of ether oxygens (including phenoxy) is 1. The van der Waals surface area contributed by atoms with Gasteiger partial charge in [-0.05, 0) is 50.9 Å². The predicted molar refractivity (Wildman–Crippen MR) is 119 cm³/mol. The Bertz CT molecular complexity index is 747. The molecule has 2 fully saturated rings. The van der Waals surface area contributed by atoms with E-state index in [1.165, 1.54) is 0 Å². The van der Waals surface area contributed by atoms with Crippen molar-refractivity contribution in [1.29, 1.82) is 0 Å². The Kier molecular flexibility index (Phi) is 5.94. The first-order valence-corrected chi connectivity index (χ1v) is 10.7. The molecule has 0 radical (unpaired) electrons. The van der Waals surface area contributed by atoms with E-state index in [1.807, 2.05) is 12.1 Å². The van der Waals surface area contributed by atoms with Crippen molar-refractivity contribution in [3.63, 3.8) is 0 Å². The molecule has 154 valence electrons. The highest BCUT2D eigenvalue weighted by Crippen LogP contribution is 2.37. The van der Waals surface area contributed by atoms with Gasteiger partial charge in [0.15, 0.2) is 0 Å². The van der Waals surface area contributed by atoms with E-state index in [2.05, 4.69) is 59.4 Å². The van der Waals surface area contributed by atoms with Crippen LogP contribution in [0.3, 0.4) is 0 Å². The number of rotatable bonds is 2. The van der Waals surface area contributed by atoms with E-state index >= 15 is 0 Å². The number of morpholine rings is 1. The van der Waals surface area contributed by atoms with Gasteiger partial charge >= 0.3 is 7.12 Å². The summed E-state index contributed by atoms with van der Waals surface area (Å²) in [6.45, 7) is 16.7. The molecule has 2 aliphatic heterocycles. The van der Waals surface area contributed by atoms with Crippen molar-refractivity contribution >= 4 is 41.4 Å². The Morgan fingerprint density at radius 2 is 1.75 bits per heavy atom. The number of thiocarbonyl (C=S) groups is 1. The molecule has 2 heterocycles. The highest BCUT2D eigenvalue weighted by Gasteiger charge is 2.52. The predicted octanol–water partition coefficient (Wildman–Crippen LogP) is 4.39. The van der Waals surface area contributed by atoms with Gasteiger partial charge in [0.05, 0.1) is 35.4 Å². The number of nitrogens with zero attached hydrogens (tertiary/aromatic N) is 1. The molecule has 28 heavy (non-hydrogen) atoms. The van der Waals surface area contributed by atoms with Crippen LogP contribution < -0.4 is 5.46 Å². The van der Waals surface area contributed by atoms with Crippen LogP contribution in [-0.2, 0) is 14.0 Å². The van der Waals surface area contributed by atoms with E-state index in [-0.39, 0.29) is 11.5 Å². The summed E-state index contributed by atoms with van der Waals surface area (Å²) >= 11 is 12.3. The van der Waals surface area contributed by atoms with Gasteiger partial charge in [0.2, 0.25) is 0 Å². The molecule has 0 saturated carbocycles. The van der Waals surface area contributed by atoms with Gasteiger partial charge in [0, 0.05) is 17.0 Å². The van der Waals surface area contributed by atoms with Gasteiger partial charge in [-0.25, -0.2) is 0 Å². The molecule has 4 nitrogen and oxygen atoms in total. The number of halogens is 1. The van der Waals surface area contributed by atoms with Gasteiger partial charge < -0.3 is 18.9 Å². The Balaban J connectivity index is 1.94. The normalized spacial score (nSPS) is 24.5. The SMILES string of the molecule is CC(C)(C)C(=S)N1CCOCC1c1cc(Cl)cc(B2OC(C)(C)C(C)(C)O2)c1. The highest BCUT2D eigenvalue weighted by atomic mass is 35.5. The summed E-state index contributed by atoms with van der Waals surface area (Å²) in [6, 6.07) is 6.06. The first-order valence-electron chi connectivity index (χ1n) is 9.87. The van der Waals surface area contributed by atoms with Crippen LogP contribution in [0, 0.1) is 5.41 Å². The maximum atomic E-state index is 6.50. The van der Waals surface area contributed by atoms with Gasteiger partial charge in [-0.3, -0.25) is 0 Å². The smallest absolute Gasteiger partial charge is 0.399 e. The Morgan fingerprint density at radius 1 is 1.14 bits per heavy atom. The lowest BCUT2D eigenvalue weighted by atomic mass is 9.77. The average Bonchev–Trinajstić information content (AvgIpc) is 2.80. The van der Waals surface area contributed by atoms with Crippen LogP contribution in [0.1, 0.15) is 60.1 Å². The summed E-state index contributed by atoms with van der Waals surface area (Å²) in [4.78, 5) is 3.22. The Morgan fingerprint density at radius 3 is 2.32 bits per heavy atom. The molecule has 2 aliphatic rings. The average molecular weight is 424 g/mol. The summed E-state index contributed by atoms with van der Waals surface area (Å²) in [7, 11) is -0.449. The molecule has 0 amide bonds. The van der Waals surface area contributed by atoms with Crippen molar-refractivity contribution in [3.05, 3.63) is 28.8 Å². The van der Waals surface area contributed by atoms with Gasteiger partial charge in [0.25, 0.3) is 0 Å². The van der Waals surface area contributed by atoms with E-state index in [0.717, 1.165) is 22.6 Å². The van der Waals surface area contributed by atoms with Crippen LogP contribution in [0.2, 0.25) is 5.02 Å². The fraction of sp³-hybridized carbons (Fsp3) is 0.667. The molecule has 0 bridgehead atoms. The van der Waals surface area contributed by atoms with Gasteiger partial charge in [-0.15, -0.1) is 0 Å². The van der Waals surface area contributed by atoms with Crippen LogP contribution in [0.15, 0.2) is 18.2 Å². The topological polar surface area (TPSA) is 30.9 Å². The van der Waals surface area contributed by atoms with Crippen LogP contribution in [0.5, 0.6) is 0 Å². The fourth-order valence-corrected chi connectivity index (χ4v) is 3.97. The summed E-state index contributed by atoms with van der Waals surface area (Å²) in [5.41, 5.74) is 1.12. The van der Waals surface area contributed by atoms with Gasteiger partial charge in [-0.1, -0.05) is 50.7 Å². The Labute approximate surface area is 180 Å². The molecule has 0 aliphatic carbocycles. The third kappa shape index (κ3) is 4.27. The summed E-state index contributed by atoms with van der Waals surface area (Å²) in [5.74, 6) is 0. The first kappa shape index (κ1) is 22.0. The maximum Gasteiger partial charge on any atom is 0.494 e. The van der Waals surface area contributed by atoms with Crippen molar-refractivity contribution < 1.29 is 14.0 Å². The second kappa shape index (κ2) is 7.55. The zero-order valence-corrected chi connectivity index (χ0v) is 19.5. The molecule has 1 atom stereocenters. The van der Waals surface area contributed by atoms with Crippen molar-refractivity contribution in [2.45, 2.75) is 65.7 Å². The van der Waals surface area contributed by atoms with Crippen molar-refractivity contribution in [2.24, 2.45) is 5.41 Å². The largest absolute Gasteiger partial charge is 0.494 e. The molecular formula is C21H31BClNO3S. The molecule has 0 aromatic heterocycles. The van der Waals surface area contributed by atoms with Gasteiger partial charge in [0.1, 0.15) is 0 Å². The molecule has 0 N–H and O–H groups in total. The minimum absolute atomic E-state index is 0.0281. The lowest BCUT2D eigenvalue weighted by molar-refractivity contribution is 0.00578. The molecule has 1 aromatic carbocycles. The number of hydrogen-bond donors (Lipinski definition) is 0. The standard InChI is InChI=1S/C21H31BClNO3S/c1-19(2,3)18(28)24-8-9-25-13-17(24)14-10-15(12-16(23)11-14)22-26-20(4,5)21(6,7)27-22/h10-12,17H,8-9,13H2,1-7H3. The quantitative estimate of drug-likeness (QED) is 0.520. The van der Waals surface area contributed by atoms with E-state index in [4.69, 9.17) is 37.9 Å². The second-order valence-corrected chi connectivity index (χ2v) is 10.6. The van der Waals surface area contributed by atoms with Gasteiger partial charge in [-0.2, -0.15) is 0 Å². The summed E-state index contributed by atoms with van der Waals surface area (Å²) in [6.07, 6.45) is 0. The minimum Gasteiger partial charge on any atom is -0.399 e. The first-order chi connectivity index (χ1) is 12.8. The van der Waals surface area contributed by atoms with E-state index in [9.17, 15) is 0 Å². The fourth-order valence-electron chi connectivity index (χ4n) is 3.50. The molecule has 1 unspecified atom stereocenters. The monoisotopic (exact) mass is 423 g/mol. The highest BCUT2D eigenvalue weighted by molar-refractivity contribution is 7.80. The van der Waals surface area contributed by atoms with E-state index < -0.39 is 18.3 Å². The minimum atomic E-state index is -0.449. The maximum absolute atomic E-state index is 6.50. The molecule has 7 heteroatoms. The molecule has 2 saturated heterocycles. The van der Waals surface area contributed by atoms with E-state index in [1.54, 1.807) is 0 Å². The third-order valence-electron chi connectivity index (χ3n) is 5.88. The van der Waals surface area contributed by atoms with Crippen LogP contribution in [0.4, 0.5) is 0 Å². The number of hydrogen-bond acceptors (Lipinski definition) is 4. The van der Waals surface area contributed by atoms with Crippen LogP contribution in [-0.4, -0.2) is 48.0 Å². The Hall–Kier alpha value is -0.655. The zero-order valence-electron chi connectivity index (χ0n) is 18.0. The molecule has 0 spiro atoms. The van der Waals surface area contributed by atoms with Crippen molar-refractivity contribution in [1.82, 2.24) is 4.90 Å². The summed E-state index contributed by atoms with van der Waals surface area (Å²) < 4.78 is 18.2.